The molecule has 0 spiro atoms. The molecule has 2 rings (SSSR count). The number of aromatic nitrogens is 3. The minimum absolute atomic E-state index is 0.136. The maximum atomic E-state index is 11.9. The van der Waals surface area contributed by atoms with Gasteiger partial charge in [0.15, 0.2) is 0 Å². The highest BCUT2D eigenvalue weighted by Gasteiger charge is 2.13. The van der Waals surface area contributed by atoms with Crippen LogP contribution in [0.1, 0.15) is 41.9 Å². The van der Waals surface area contributed by atoms with Gasteiger partial charge in [0.2, 0.25) is 0 Å². The predicted octanol–water partition coefficient (Wildman–Crippen LogP) is 1.32. The van der Waals surface area contributed by atoms with Crippen molar-refractivity contribution in [3.8, 4) is 0 Å². The lowest BCUT2D eigenvalue weighted by molar-refractivity contribution is 0.0916. The summed E-state index contributed by atoms with van der Waals surface area (Å²) >= 11 is 0. The maximum absolute atomic E-state index is 11.9. The van der Waals surface area contributed by atoms with Crippen LogP contribution in [0.2, 0.25) is 0 Å². The minimum atomic E-state index is -0.771. The van der Waals surface area contributed by atoms with E-state index in [1.165, 1.54) is 6.20 Å². The summed E-state index contributed by atoms with van der Waals surface area (Å²) in [6.07, 6.45) is 5.65. The Kier molecular flexibility index (Phi) is 4.47. The number of nitrogens with zero attached hydrogens (tertiary/aromatic N) is 3. The van der Waals surface area contributed by atoms with Crippen LogP contribution in [0.3, 0.4) is 0 Å². The van der Waals surface area contributed by atoms with Gasteiger partial charge in [0, 0.05) is 36.7 Å². The van der Waals surface area contributed by atoms with Gasteiger partial charge in [-0.2, -0.15) is 5.10 Å². The van der Waals surface area contributed by atoms with E-state index in [1.54, 1.807) is 35.4 Å². The average Bonchev–Trinajstić information content (AvgIpc) is 2.95. The Hall–Kier alpha value is -2.21. The number of hydrogen-bond acceptors (Lipinski definition) is 4. The molecular weight excluding hydrogens is 256 g/mol. The quantitative estimate of drug-likeness (QED) is 0.861. The van der Waals surface area contributed by atoms with Crippen molar-refractivity contribution in [2.45, 2.75) is 26.0 Å². The van der Waals surface area contributed by atoms with E-state index in [4.69, 9.17) is 0 Å². The summed E-state index contributed by atoms with van der Waals surface area (Å²) in [6, 6.07) is 3.71. The molecular formula is C14H18N4O2. The summed E-state index contributed by atoms with van der Waals surface area (Å²) in [5, 5.41) is 16.7. The SMILES string of the molecule is CC(C)n1cc(C(=O)NC[C@H](O)c2cccnc2)cn1. The summed E-state index contributed by atoms with van der Waals surface area (Å²) in [4.78, 5) is 15.9. The Morgan fingerprint density at radius 2 is 2.25 bits per heavy atom. The second-order valence-electron chi connectivity index (χ2n) is 4.81. The van der Waals surface area contributed by atoms with Crippen LogP contribution >= 0.6 is 0 Å². The van der Waals surface area contributed by atoms with Crippen molar-refractivity contribution in [1.82, 2.24) is 20.1 Å². The molecule has 106 valence electrons. The van der Waals surface area contributed by atoms with E-state index in [1.807, 2.05) is 13.8 Å². The molecule has 1 atom stereocenters. The maximum Gasteiger partial charge on any atom is 0.254 e. The molecule has 0 aliphatic heterocycles. The molecule has 0 radical (unpaired) electrons. The van der Waals surface area contributed by atoms with Gasteiger partial charge in [-0.05, 0) is 19.9 Å². The minimum Gasteiger partial charge on any atom is -0.387 e. The highest BCUT2D eigenvalue weighted by atomic mass is 16.3. The van der Waals surface area contributed by atoms with Crippen molar-refractivity contribution in [3.05, 3.63) is 48.0 Å². The molecule has 2 aromatic rings. The number of hydrogen-bond donors (Lipinski definition) is 2. The number of aliphatic hydroxyl groups excluding tert-OH is 1. The van der Waals surface area contributed by atoms with Gasteiger partial charge in [0.1, 0.15) is 0 Å². The van der Waals surface area contributed by atoms with E-state index in [0.29, 0.717) is 11.1 Å². The van der Waals surface area contributed by atoms with Gasteiger partial charge in [0.05, 0.1) is 17.9 Å². The van der Waals surface area contributed by atoms with Crippen LogP contribution in [0.25, 0.3) is 0 Å². The summed E-state index contributed by atoms with van der Waals surface area (Å²) in [5.74, 6) is -0.250. The largest absolute Gasteiger partial charge is 0.387 e. The zero-order valence-electron chi connectivity index (χ0n) is 11.5. The molecule has 6 nitrogen and oxygen atoms in total. The lowest BCUT2D eigenvalue weighted by Gasteiger charge is -2.11. The Morgan fingerprint density at radius 3 is 2.85 bits per heavy atom. The van der Waals surface area contributed by atoms with Crippen molar-refractivity contribution >= 4 is 5.91 Å². The van der Waals surface area contributed by atoms with Gasteiger partial charge in [-0.15, -0.1) is 0 Å². The average molecular weight is 274 g/mol. The standard InChI is InChI=1S/C14H18N4O2/c1-10(2)18-9-12(7-17-18)14(20)16-8-13(19)11-4-3-5-15-6-11/h3-7,9-10,13,19H,8H2,1-2H3,(H,16,20)/t13-/m0/s1. The summed E-state index contributed by atoms with van der Waals surface area (Å²) in [5.41, 5.74) is 1.16. The summed E-state index contributed by atoms with van der Waals surface area (Å²) in [6.45, 7) is 4.11. The van der Waals surface area contributed by atoms with Crippen LogP contribution in [-0.4, -0.2) is 32.3 Å². The van der Waals surface area contributed by atoms with Gasteiger partial charge in [-0.3, -0.25) is 14.5 Å². The van der Waals surface area contributed by atoms with Gasteiger partial charge in [-0.25, -0.2) is 0 Å². The molecule has 0 aliphatic rings. The molecule has 0 saturated heterocycles. The highest BCUT2D eigenvalue weighted by Crippen LogP contribution is 2.10. The monoisotopic (exact) mass is 274 g/mol. The number of rotatable bonds is 5. The first-order valence-corrected chi connectivity index (χ1v) is 6.48. The lowest BCUT2D eigenvalue weighted by atomic mass is 10.1. The molecule has 2 heterocycles. The molecule has 0 bridgehead atoms. The van der Waals surface area contributed by atoms with E-state index >= 15 is 0 Å². The normalized spacial score (nSPS) is 12.4. The van der Waals surface area contributed by atoms with Crippen molar-refractivity contribution in [2.75, 3.05) is 6.54 Å². The van der Waals surface area contributed by atoms with Crippen molar-refractivity contribution in [3.63, 3.8) is 0 Å². The number of amides is 1. The van der Waals surface area contributed by atoms with E-state index in [-0.39, 0.29) is 18.5 Å². The first-order chi connectivity index (χ1) is 9.58. The van der Waals surface area contributed by atoms with Crippen LogP contribution in [0, 0.1) is 0 Å². The zero-order valence-corrected chi connectivity index (χ0v) is 11.5. The van der Waals surface area contributed by atoms with Crippen LogP contribution in [0.5, 0.6) is 0 Å². The predicted molar refractivity (Wildman–Crippen MR) is 74.1 cm³/mol. The van der Waals surface area contributed by atoms with Crippen LogP contribution in [0.4, 0.5) is 0 Å². The van der Waals surface area contributed by atoms with Gasteiger partial charge >= 0.3 is 0 Å². The summed E-state index contributed by atoms with van der Waals surface area (Å²) < 4.78 is 1.71. The third-order valence-corrected chi connectivity index (χ3v) is 2.92. The summed E-state index contributed by atoms with van der Waals surface area (Å²) in [7, 11) is 0. The van der Waals surface area contributed by atoms with E-state index in [2.05, 4.69) is 15.4 Å². The van der Waals surface area contributed by atoms with E-state index < -0.39 is 6.10 Å². The van der Waals surface area contributed by atoms with Gasteiger partial charge in [-0.1, -0.05) is 6.07 Å². The Bertz CT molecular complexity index is 566. The van der Waals surface area contributed by atoms with E-state index in [0.717, 1.165) is 0 Å². The van der Waals surface area contributed by atoms with Gasteiger partial charge < -0.3 is 10.4 Å². The fourth-order valence-corrected chi connectivity index (χ4v) is 1.72. The molecule has 0 aromatic carbocycles. The zero-order chi connectivity index (χ0) is 14.5. The topological polar surface area (TPSA) is 80.0 Å². The molecule has 0 saturated carbocycles. The number of carbonyl (C=O) groups is 1. The molecule has 0 fully saturated rings. The Morgan fingerprint density at radius 1 is 1.45 bits per heavy atom. The van der Waals surface area contributed by atoms with Crippen molar-refractivity contribution in [1.29, 1.82) is 0 Å². The highest BCUT2D eigenvalue weighted by molar-refractivity contribution is 5.93. The van der Waals surface area contributed by atoms with E-state index in [9.17, 15) is 9.90 Å². The van der Waals surface area contributed by atoms with Crippen LogP contribution in [0.15, 0.2) is 36.9 Å². The Labute approximate surface area is 117 Å². The molecule has 0 aliphatic carbocycles. The number of pyridine rings is 1. The first-order valence-electron chi connectivity index (χ1n) is 6.48. The molecule has 2 aromatic heterocycles. The smallest absolute Gasteiger partial charge is 0.254 e. The van der Waals surface area contributed by atoms with Crippen LogP contribution in [-0.2, 0) is 0 Å². The Balaban J connectivity index is 1.91. The fourth-order valence-electron chi connectivity index (χ4n) is 1.72. The second kappa shape index (κ2) is 6.29. The first kappa shape index (κ1) is 14.2. The third-order valence-electron chi connectivity index (χ3n) is 2.92. The third kappa shape index (κ3) is 3.42. The number of nitrogens with one attached hydrogen (secondary N) is 1. The molecule has 20 heavy (non-hydrogen) atoms. The molecule has 1 amide bonds. The second-order valence-corrected chi connectivity index (χ2v) is 4.81. The molecule has 6 heteroatoms. The molecule has 2 N–H and O–H groups in total. The lowest BCUT2D eigenvalue weighted by Crippen LogP contribution is -2.28. The molecule has 0 unspecified atom stereocenters. The number of aliphatic hydroxyl groups is 1. The fraction of sp³-hybridized carbons (Fsp3) is 0.357. The van der Waals surface area contributed by atoms with Crippen LogP contribution < -0.4 is 5.32 Å². The van der Waals surface area contributed by atoms with Gasteiger partial charge in [0.25, 0.3) is 5.91 Å². The van der Waals surface area contributed by atoms with Crippen molar-refractivity contribution in [2.24, 2.45) is 0 Å². The number of carbonyl (C=O) groups excluding carboxylic acids is 1. The van der Waals surface area contributed by atoms with Crippen molar-refractivity contribution < 1.29 is 9.90 Å².